The summed E-state index contributed by atoms with van der Waals surface area (Å²) in [5.74, 6) is 0.399. The van der Waals surface area contributed by atoms with E-state index in [-0.39, 0.29) is 10.8 Å². The first-order valence-electron chi connectivity index (χ1n) is 7.99. The van der Waals surface area contributed by atoms with E-state index < -0.39 is 10.0 Å². The number of hydrogen-bond acceptors (Lipinski definition) is 2. The smallest absolute Gasteiger partial charge is 0.207 e. The summed E-state index contributed by atoms with van der Waals surface area (Å²) in [6.45, 7) is 15.9. The van der Waals surface area contributed by atoms with Gasteiger partial charge in [-0.1, -0.05) is 60.6 Å². The zero-order chi connectivity index (χ0) is 16.9. The molecule has 0 fully saturated rings. The highest BCUT2D eigenvalue weighted by molar-refractivity contribution is 7.89. The molecule has 1 heterocycles. The molecule has 0 N–H and O–H groups in total. The molecule has 1 aromatic carbocycles. The predicted octanol–water partition coefficient (Wildman–Crippen LogP) is 4.14. The first-order valence-corrected chi connectivity index (χ1v) is 9.43. The van der Waals surface area contributed by atoms with Gasteiger partial charge in [0.05, 0.1) is 4.90 Å². The Labute approximate surface area is 135 Å². The molecule has 1 aliphatic heterocycles. The average Bonchev–Trinajstić information content (AvgIpc) is 2.34. The molecule has 3 nitrogen and oxygen atoms in total. The molecule has 2 rings (SSSR count). The lowest BCUT2D eigenvalue weighted by atomic mass is 9.82. The zero-order valence-electron chi connectivity index (χ0n) is 14.9. The monoisotopic (exact) mass is 323 g/mol. The van der Waals surface area contributed by atoms with Crippen LogP contribution in [0.5, 0.6) is 0 Å². The van der Waals surface area contributed by atoms with Gasteiger partial charge in [0.15, 0.2) is 0 Å². The Kier molecular flexibility index (Phi) is 4.25. The molecule has 124 valence electrons. The molecule has 0 bridgehead atoms. The van der Waals surface area contributed by atoms with Gasteiger partial charge in [-0.25, -0.2) is 8.42 Å². The van der Waals surface area contributed by atoms with Crippen LogP contribution in [0.1, 0.15) is 65.5 Å². The van der Waals surface area contributed by atoms with E-state index in [0.717, 1.165) is 5.56 Å². The first-order chi connectivity index (χ1) is 9.84. The predicted molar refractivity (Wildman–Crippen MR) is 91.8 cm³/mol. The van der Waals surface area contributed by atoms with Crippen LogP contribution >= 0.6 is 0 Å². The summed E-state index contributed by atoms with van der Waals surface area (Å²) in [5.41, 5.74) is 1.94. The van der Waals surface area contributed by atoms with Crippen LogP contribution in [0.15, 0.2) is 23.1 Å². The van der Waals surface area contributed by atoms with Crippen molar-refractivity contribution in [3.63, 3.8) is 0 Å². The Morgan fingerprint density at radius 2 is 1.82 bits per heavy atom. The Morgan fingerprint density at radius 3 is 2.32 bits per heavy atom. The van der Waals surface area contributed by atoms with Gasteiger partial charge in [-0.3, -0.25) is 0 Å². The molecule has 0 saturated heterocycles. The van der Waals surface area contributed by atoms with Crippen molar-refractivity contribution < 1.29 is 8.42 Å². The van der Waals surface area contributed by atoms with Crippen molar-refractivity contribution in [2.75, 3.05) is 13.1 Å². The third-order valence-corrected chi connectivity index (χ3v) is 6.09. The summed E-state index contributed by atoms with van der Waals surface area (Å²) in [4.78, 5) is 0.484. The topological polar surface area (TPSA) is 37.4 Å². The van der Waals surface area contributed by atoms with E-state index in [1.54, 1.807) is 10.4 Å². The van der Waals surface area contributed by atoms with E-state index in [9.17, 15) is 8.42 Å². The van der Waals surface area contributed by atoms with Crippen LogP contribution < -0.4 is 0 Å². The number of sulfonamides is 1. The van der Waals surface area contributed by atoms with Crippen LogP contribution in [0.25, 0.3) is 0 Å². The first kappa shape index (κ1) is 17.5. The van der Waals surface area contributed by atoms with Gasteiger partial charge in [-0.05, 0) is 28.5 Å². The molecule has 4 heteroatoms. The molecule has 0 aromatic heterocycles. The Bertz CT molecular complexity index is 667. The van der Waals surface area contributed by atoms with Gasteiger partial charge in [0, 0.05) is 18.5 Å². The minimum Gasteiger partial charge on any atom is -0.207 e. The van der Waals surface area contributed by atoms with E-state index in [4.69, 9.17) is 0 Å². The van der Waals surface area contributed by atoms with Crippen molar-refractivity contribution in [2.24, 2.45) is 5.41 Å². The van der Waals surface area contributed by atoms with E-state index >= 15 is 0 Å². The Morgan fingerprint density at radius 1 is 1.23 bits per heavy atom. The Balaban J connectivity index is 2.58. The summed E-state index contributed by atoms with van der Waals surface area (Å²) in [5, 5.41) is 0. The molecular weight excluding hydrogens is 294 g/mol. The third-order valence-electron chi connectivity index (χ3n) is 4.24. The number of fused-ring (bicyclic) bond motifs is 1. The van der Waals surface area contributed by atoms with Crippen molar-refractivity contribution >= 4 is 10.0 Å². The van der Waals surface area contributed by atoms with Crippen LogP contribution in [0.2, 0.25) is 0 Å². The molecular formula is C18H29NO2S. The van der Waals surface area contributed by atoms with Crippen molar-refractivity contribution in [1.29, 1.82) is 0 Å². The second kappa shape index (κ2) is 5.34. The van der Waals surface area contributed by atoms with Crippen molar-refractivity contribution in [1.82, 2.24) is 4.31 Å². The summed E-state index contributed by atoms with van der Waals surface area (Å²) in [6, 6.07) is 5.85. The van der Waals surface area contributed by atoms with Gasteiger partial charge in [0.25, 0.3) is 0 Å². The molecule has 0 saturated carbocycles. The summed E-state index contributed by atoms with van der Waals surface area (Å²) in [6.07, 6.45) is 0. The van der Waals surface area contributed by atoms with Gasteiger partial charge in [0.2, 0.25) is 10.0 Å². The number of hydrogen-bond donors (Lipinski definition) is 0. The van der Waals surface area contributed by atoms with Crippen LogP contribution in [0.4, 0.5) is 0 Å². The van der Waals surface area contributed by atoms with Crippen molar-refractivity contribution in [2.45, 2.75) is 64.7 Å². The highest BCUT2D eigenvalue weighted by atomic mass is 32.2. The minimum absolute atomic E-state index is 0.0570. The second-order valence-electron chi connectivity index (χ2n) is 8.63. The average molecular weight is 324 g/mol. The van der Waals surface area contributed by atoms with Crippen LogP contribution in [0, 0.1) is 5.41 Å². The maximum Gasteiger partial charge on any atom is 0.243 e. The molecule has 0 radical (unpaired) electrons. The van der Waals surface area contributed by atoms with Crippen LogP contribution in [0.3, 0.4) is 0 Å². The van der Waals surface area contributed by atoms with Gasteiger partial charge < -0.3 is 0 Å². The molecule has 1 aliphatic rings. The second-order valence-corrected chi connectivity index (χ2v) is 10.5. The van der Waals surface area contributed by atoms with Crippen molar-refractivity contribution in [3.05, 3.63) is 29.3 Å². The van der Waals surface area contributed by atoms with Gasteiger partial charge in [0.1, 0.15) is 0 Å². The SMILES string of the molecule is CC(C)c1ccc2c(c1)C(C)(C)CN(CC(C)(C)C)S2(=O)=O. The molecule has 0 unspecified atom stereocenters. The molecule has 1 aromatic rings. The molecule has 0 aliphatic carbocycles. The fraction of sp³-hybridized carbons (Fsp3) is 0.667. The molecule has 0 amide bonds. The number of nitrogens with zero attached hydrogens (tertiary/aromatic N) is 1. The lowest BCUT2D eigenvalue weighted by Crippen LogP contribution is -2.49. The minimum atomic E-state index is -3.40. The van der Waals surface area contributed by atoms with Crippen molar-refractivity contribution in [3.8, 4) is 0 Å². The maximum absolute atomic E-state index is 13.0. The highest BCUT2D eigenvalue weighted by Crippen LogP contribution is 2.40. The molecule has 0 atom stereocenters. The molecule has 0 spiro atoms. The van der Waals surface area contributed by atoms with Crippen LogP contribution in [-0.4, -0.2) is 25.8 Å². The summed E-state index contributed by atoms with van der Waals surface area (Å²) in [7, 11) is -3.40. The third kappa shape index (κ3) is 3.23. The lowest BCUT2D eigenvalue weighted by molar-refractivity contribution is 0.238. The highest BCUT2D eigenvalue weighted by Gasteiger charge is 2.42. The number of benzene rings is 1. The van der Waals surface area contributed by atoms with E-state index in [2.05, 4.69) is 54.5 Å². The quantitative estimate of drug-likeness (QED) is 0.820. The zero-order valence-corrected chi connectivity index (χ0v) is 15.7. The lowest BCUT2D eigenvalue weighted by Gasteiger charge is -2.41. The number of rotatable bonds is 2. The Hall–Kier alpha value is -0.870. The van der Waals surface area contributed by atoms with Gasteiger partial charge >= 0.3 is 0 Å². The fourth-order valence-corrected chi connectivity index (χ4v) is 5.26. The van der Waals surface area contributed by atoms with Gasteiger partial charge in [-0.15, -0.1) is 0 Å². The van der Waals surface area contributed by atoms with Gasteiger partial charge in [-0.2, -0.15) is 4.31 Å². The normalized spacial score (nSPS) is 20.9. The van der Waals surface area contributed by atoms with Crippen LogP contribution in [-0.2, 0) is 15.4 Å². The fourth-order valence-electron chi connectivity index (χ4n) is 3.08. The van der Waals surface area contributed by atoms with E-state index in [1.165, 1.54) is 5.56 Å². The maximum atomic E-state index is 13.0. The van der Waals surface area contributed by atoms with E-state index in [0.29, 0.717) is 23.9 Å². The van der Waals surface area contributed by atoms with E-state index in [1.807, 2.05) is 6.07 Å². The summed E-state index contributed by atoms with van der Waals surface area (Å²) < 4.78 is 27.6. The standard InChI is InChI=1S/C18H29NO2S/c1-13(2)14-8-9-16-15(10-14)18(6,7)12-19(22(16,20)21)11-17(3,4)5/h8-10,13H,11-12H2,1-7H3. The summed E-state index contributed by atoms with van der Waals surface area (Å²) >= 11 is 0. The molecule has 22 heavy (non-hydrogen) atoms. The largest absolute Gasteiger partial charge is 0.243 e.